The summed E-state index contributed by atoms with van der Waals surface area (Å²) in [6, 6.07) is 15.8. The van der Waals surface area contributed by atoms with Crippen molar-refractivity contribution in [1.82, 2.24) is 25.3 Å². The van der Waals surface area contributed by atoms with Crippen LogP contribution in [0.2, 0.25) is 0 Å². The lowest BCUT2D eigenvalue weighted by Gasteiger charge is -2.31. The SMILES string of the molecule is CN(C)CCNC(=O)CN1CC2=C(C1=O)C(c1cccc(Oc3ccccc3)c1)NC(=O)N2C. The number of carbonyl (C=O) groups is 3. The zero-order chi connectivity index (χ0) is 24.2. The highest BCUT2D eigenvalue weighted by molar-refractivity contribution is 6.02. The number of rotatable bonds is 8. The van der Waals surface area contributed by atoms with Crippen molar-refractivity contribution in [3.8, 4) is 11.5 Å². The minimum absolute atomic E-state index is 0.0643. The lowest BCUT2D eigenvalue weighted by molar-refractivity contribution is -0.131. The molecule has 4 rings (SSSR count). The van der Waals surface area contributed by atoms with Gasteiger partial charge in [-0.1, -0.05) is 30.3 Å². The third-order valence-corrected chi connectivity index (χ3v) is 5.82. The van der Waals surface area contributed by atoms with Crippen molar-refractivity contribution in [2.45, 2.75) is 6.04 Å². The van der Waals surface area contributed by atoms with E-state index in [9.17, 15) is 14.4 Å². The molecule has 178 valence electrons. The van der Waals surface area contributed by atoms with Crippen LogP contribution in [0.3, 0.4) is 0 Å². The molecule has 9 nitrogen and oxygen atoms in total. The van der Waals surface area contributed by atoms with E-state index in [2.05, 4.69) is 10.6 Å². The van der Waals surface area contributed by atoms with Crippen LogP contribution in [0.15, 0.2) is 65.9 Å². The van der Waals surface area contributed by atoms with Gasteiger partial charge in [0.05, 0.1) is 23.9 Å². The van der Waals surface area contributed by atoms with Crippen LogP contribution in [0.4, 0.5) is 4.79 Å². The molecule has 0 bridgehead atoms. The predicted molar refractivity (Wildman–Crippen MR) is 127 cm³/mol. The minimum Gasteiger partial charge on any atom is -0.457 e. The molecular weight excluding hydrogens is 434 g/mol. The number of amides is 4. The molecule has 1 unspecified atom stereocenters. The number of para-hydroxylation sites is 1. The van der Waals surface area contributed by atoms with Crippen molar-refractivity contribution in [3.05, 3.63) is 71.4 Å². The summed E-state index contributed by atoms with van der Waals surface area (Å²) < 4.78 is 5.93. The molecule has 1 atom stereocenters. The molecule has 34 heavy (non-hydrogen) atoms. The smallest absolute Gasteiger partial charge is 0.322 e. The Morgan fingerprint density at radius 2 is 1.85 bits per heavy atom. The van der Waals surface area contributed by atoms with E-state index in [-0.39, 0.29) is 30.9 Å². The van der Waals surface area contributed by atoms with Gasteiger partial charge in [0, 0.05) is 20.1 Å². The summed E-state index contributed by atoms with van der Waals surface area (Å²) in [5.41, 5.74) is 1.81. The summed E-state index contributed by atoms with van der Waals surface area (Å²) >= 11 is 0. The van der Waals surface area contributed by atoms with Gasteiger partial charge in [-0.2, -0.15) is 0 Å². The number of hydrogen-bond acceptors (Lipinski definition) is 5. The first-order chi connectivity index (χ1) is 16.3. The fourth-order valence-corrected chi connectivity index (χ4v) is 4.03. The number of nitrogens with zero attached hydrogens (tertiary/aromatic N) is 3. The first-order valence-electron chi connectivity index (χ1n) is 11.1. The Morgan fingerprint density at radius 1 is 1.12 bits per heavy atom. The zero-order valence-corrected chi connectivity index (χ0v) is 19.6. The summed E-state index contributed by atoms with van der Waals surface area (Å²) in [6.45, 7) is 1.35. The van der Waals surface area contributed by atoms with E-state index < -0.39 is 6.04 Å². The minimum atomic E-state index is -0.632. The molecule has 0 aromatic heterocycles. The number of urea groups is 1. The third-order valence-electron chi connectivity index (χ3n) is 5.82. The Morgan fingerprint density at radius 3 is 2.59 bits per heavy atom. The average Bonchev–Trinajstić information content (AvgIpc) is 3.13. The van der Waals surface area contributed by atoms with Gasteiger partial charge in [-0.25, -0.2) is 4.79 Å². The second-order valence-electron chi connectivity index (χ2n) is 8.60. The molecule has 0 aliphatic carbocycles. The topological polar surface area (TPSA) is 94.2 Å². The number of nitrogens with one attached hydrogen (secondary N) is 2. The Hall–Kier alpha value is -3.85. The van der Waals surface area contributed by atoms with E-state index in [1.54, 1.807) is 7.05 Å². The molecule has 9 heteroatoms. The highest BCUT2D eigenvalue weighted by Gasteiger charge is 2.43. The number of likely N-dealkylation sites (N-methyl/N-ethyl adjacent to an activating group) is 2. The van der Waals surface area contributed by atoms with Crippen molar-refractivity contribution in [2.24, 2.45) is 0 Å². The molecule has 2 N–H and O–H groups in total. The molecule has 0 saturated carbocycles. The molecule has 2 aliphatic heterocycles. The zero-order valence-electron chi connectivity index (χ0n) is 19.6. The standard InChI is InChI=1S/C25H29N5O4/c1-28(2)13-12-26-21(31)16-30-15-20-22(24(30)32)23(27-25(33)29(20)3)17-8-7-11-19(14-17)34-18-9-5-4-6-10-18/h4-11,14,23H,12-13,15-16H2,1-3H3,(H,26,31)(H,27,33). The molecule has 0 saturated heterocycles. The van der Waals surface area contributed by atoms with Gasteiger partial charge in [0.2, 0.25) is 5.91 Å². The fourth-order valence-electron chi connectivity index (χ4n) is 4.03. The van der Waals surface area contributed by atoms with E-state index >= 15 is 0 Å². The Kier molecular flexibility index (Phi) is 6.83. The Labute approximate surface area is 199 Å². The van der Waals surface area contributed by atoms with Gasteiger partial charge in [0.15, 0.2) is 0 Å². The maximum atomic E-state index is 13.3. The highest BCUT2D eigenvalue weighted by Crippen LogP contribution is 2.36. The molecule has 2 aliphatic rings. The molecular formula is C25H29N5O4. The Bertz CT molecular complexity index is 1120. The van der Waals surface area contributed by atoms with Gasteiger partial charge >= 0.3 is 6.03 Å². The number of hydrogen-bond donors (Lipinski definition) is 2. The van der Waals surface area contributed by atoms with Crippen molar-refractivity contribution >= 4 is 17.8 Å². The second-order valence-corrected chi connectivity index (χ2v) is 8.60. The summed E-state index contributed by atoms with van der Waals surface area (Å²) in [4.78, 5) is 43.3. The normalized spacial score (nSPS) is 17.7. The van der Waals surface area contributed by atoms with Gasteiger partial charge < -0.3 is 25.2 Å². The number of benzene rings is 2. The molecule has 2 aromatic rings. The molecule has 0 radical (unpaired) electrons. The molecule has 0 fully saturated rings. The highest BCUT2D eigenvalue weighted by atomic mass is 16.5. The van der Waals surface area contributed by atoms with Crippen LogP contribution >= 0.6 is 0 Å². The van der Waals surface area contributed by atoms with Gasteiger partial charge in [0.1, 0.15) is 18.0 Å². The van der Waals surface area contributed by atoms with Crippen LogP contribution in [0.5, 0.6) is 11.5 Å². The first kappa shape index (κ1) is 23.3. The molecule has 2 heterocycles. The first-order valence-corrected chi connectivity index (χ1v) is 11.1. The van der Waals surface area contributed by atoms with Crippen molar-refractivity contribution in [2.75, 3.05) is 47.3 Å². The van der Waals surface area contributed by atoms with E-state index in [0.29, 0.717) is 35.9 Å². The quantitative estimate of drug-likeness (QED) is 0.624. The van der Waals surface area contributed by atoms with Gasteiger partial charge in [-0.15, -0.1) is 0 Å². The predicted octanol–water partition coefficient (Wildman–Crippen LogP) is 1.95. The second kappa shape index (κ2) is 9.96. The monoisotopic (exact) mass is 463 g/mol. The molecule has 0 spiro atoms. The lowest BCUT2D eigenvalue weighted by Crippen LogP contribution is -2.45. The van der Waals surface area contributed by atoms with Crippen molar-refractivity contribution in [3.63, 3.8) is 0 Å². The summed E-state index contributed by atoms with van der Waals surface area (Å²) in [6.07, 6.45) is 0. The van der Waals surface area contributed by atoms with Crippen LogP contribution in [0.1, 0.15) is 11.6 Å². The fraction of sp³-hybridized carbons (Fsp3) is 0.320. The lowest BCUT2D eigenvalue weighted by atomic mass is 9.95. The Balaban J connectivity index is 1.53. The van der Waals surface area contributed by atoms with Gasteiger partial charge in [-0.3, -0.25) is 14.5 Å². The summed E-state index contributed by atoms with van der Waals surface area (Å²) in [7, 11) is 5.48. The summed E-state index contributed by atoms with van der Waals surface area (Å²) in [5.74, 6) is 0.799. The van der Waals surface area contributed by atoms with Crippen molar-refractivity contribution in [1.29, 1.82) is 0 Å². The van der Waals surface area contributed by atoms with E-state index in [1.165, 1.54) is 9.80 Å². The van der Waals surface area contributed by atoms with E-state index in [0.717, 1.165) is 5.56 Å². The van der Waals surface area contributed by atoms with Crippen LogP contribution in [-0.2, 0) is 9.59 Å². The van der Waals surface area contributed by atoms with E-state index in [4.69, 9.17) is 4.74 Å². The molecule has 2 aromatic carbocycles. The maximum absolute atomic E-state index is 13.3. The van der Waals surface area contributed by atoms with Crippen LogP contribution in [0, 0.1) is 0 Å². The molecule has 4 amide bonds. The van der Waals surface area contributed by atoms with Crippen LogP contribution < -0.4 is 15.4 Å². The van der Waals surface area contributed by atoms with Crippen LogP contribution in [-0.4, -0.2) is 79.9 Å². The maximum Gasteiger partial charge on any atom is 0.322 e. The average molecular weight is 464 g/mol. The third kappa shape index (κ3) is 5.04. The van der Waals surface area contributed by atoms with Gasteiger partial charge in [0.25, 0.3) is 5.91 Å². The summed E-state index contributed by atoms with van der Waals surface area (Å²) in [5, 5.41) is 5.75. The largest absolute Gasteiger partial charge is 0.457 e. The van der Waals surface area contributed by atoms with E-state index in [1.807, 2.05) is 73.6 Å². The number of ether oxygens (including phenoxy) is 1. The van der Waals surface area contributed by atoms with Gasteiger partial charge in [-0.05, 0) is 43.9 Å². The van der Waals surface area contributed by atoms with Crippen LogP contribution in [0.25, 0.3) is 0 Å². The van der Waals surface area contributed by atoms with Crippen molar-refractivity contribution < 1.29 is 19.1 Å². The number of carbonyl (C=O) groups excluding carboxylic acids is 3.